The second kappa shape index (κ2) is 9.00. The molecule has 4 aromatic rings. The van der Waals surface area contributed by atoms with Crippen LogP contribution in [0.25, 0.3) is 0 Å². The highest BCUT2D eigenvalue weighted by Crippen LogP contribution is 2.28. The lowest BCUT2D eigenvalue weighted by Crippen LogP contribution is -2.47. The lowest BCUT2D eigenvalue weighted by atomic mass is 10.1. The summed E-state index contributed by atoms with van der Waals surface area (Å²) in [5, 5.41) is 0. The molecule has 0 aliphatic carbocycles. The third-order valence-corrected chi connectivity index (χ3v) is 6.05. The highest BCUT2D eigenvalue weighted by molar-refractivity contribution is 5.59. The van der Waals surface area contributed by atoms with Crippen molar-refractivity contribution >= 4 is 11.6 Å². The molecule has 5 rings (SSSR count). The predicted octanol–water partition coefficient (Wildman–Crippen LogP) is 4.41. The molecule has 3 heterocycles. The summed E-state index contributed by atoms with van der Waals surface area (Å²) in [4.78, 5) is 27.5. The SMILES string of the molecule is Cc1ccc(N2CN(Cc3ccccn3)Cn3c2nc(C)c(Cc2ccccc2)c3=O)cc1. The Balaban J connectivity index is 1.57. The number of fused-ring (bicyclic) bond motifs is 1. The van der Waals surface area contributed by atoms with E-state index in [0.717, 1.165) is 28.2 Å². The van der Waals surface area contributed by atoms with Gasteiger partial charge in [-0.25, -0.2) is 4.98 Å². The van der Waals surface area contributed by atoms with Crippen LogP contribution in [-0.2, 0) is 19.6 Å². The van der Waals surface area contributed by atoms with Crippen molar-refractivity contribution in [3.63, 3.8) is 0 Å². The topological polar surface area (TPSA) is 54.3 Å². The normalized spacial score (nSPS) is 13.7. The van der Waals surface area contributed by atoms with Gasteiger partial charge < -0.3 is 0 Å². The van der Waals surface area contributed by atoms with Crippen LogP contribution in [0.4, 0.5) is 11.6 Å². The van der Waals surface area contributed by atoms with Gasteiger partial charge in [0, 0.05) is 30.4 Å². The summed E-state index contributed by atoms with van der Waals surface area (Å²) in [6, 6.07) is 24.4. The molecule has 0 saturated heterocycles. The summed E-state index contributed by atoms with van der Waals surface area (Å²) >= 11 is 0. The zero-order chi connectivity index (χ0) is 22.8. The van der Waals surface area contributed by atoms with Gasteiger partial charge in [-0.15, -0.1) is 0 Å². The van der Waals surface area contributed by atoms with E-state index in [4.69, 9.17) is 4.98 Å². The van der Waals surface area contributed by atoms with Crippen molar-refractivity contribution in [3.05, 3.63) is 117 Å². The summed E-state index contributed by atoms with van der Waals surface area (Å²) < 4.78 is 1.80. The molecule has 0 unspecified atom stereocenters. The first-order valence-electron chi connectivity index (χ1n) is 11.2. The molecule has 1 aliphatic heterocycles. The number of hydrogen-bond donors (Lipinski definition) is 0. The van der Waals surface area contributed by atoms with E-state index in [2.05, 4.69) is 58.1 Å². The van der Waals surface area contributed by atoms with Gasteiger partial charge in [0.2, 0.25) is 5.95 Å². The van der Waals surface area contributed by atoms with E-state index >= 15 is 0 Å². The molecule has 0 spiro atoms. The average molecular weight is 438 g/mol. The molecule has 2 aromatic heterocycles. The maximum absolute atomic E-state index is 13.7. The Morgan fingerprint density at radius 3 is 2.36 bits per heavy atom. The summed E-state index contributed by atoms with van der Waals surface area (Å²) in [6.07, 6.45) is 2.38. The van der Waals surface area contributed by atoms with Crippen LogP contribution >= 0.6 is 0 Å². The maximum atomic E-state index is 13.7. The molecule has 0 saturated carbocycles. The minimum absolute atomic E-state index is 0.0178. The van der Waals surface area contributed by atoms with Crippen molar-refractivity contribution < 1.29 is 0 Å². The highest BCUT2D eigenvalue weighted by atomic mass is 16.1. The number of nitrogens with zero attached hydrogens (tertiary/aromatic N) is 5. The molecule has 0 radical (unpaired) electrons. The first kappa shape index (κ1) is 21.1. The number of aryl methyl sites for hydroxylation is 2. The third kappa shape index (κ3) is 4.43. The van der Waals surface area contributed by atoms with Crippen molar-refractivity contribution in [3.8, 4) is 0 Å². The Morgan fingerprint density at radius 1 is 0.879 bits per heavy atom. The lowest BCUT2D eigenvalue weighted by molar-refractivity contribution is 0.187. The van der Waals surface area contributed by atoms with Crippen molar-refractivity contribution in [2.45, 2.75) is 33.5 Å². The summed E-state index contributed by atoms with van der Waals surface area (Å²) in [5.41, 5.74) is 5.84. The molecule has 0 amide bonds. The van der Waals surface area contributed by atoms with Gasteiger partial charge in [0.25, 0.3) is 5.56 Å². The van der Waals surface area contributed by atoms with Gasteiger partial charge in [0.15, 0.2) is 0 Å². The van der Waals surface area contributed by atoms with Gasteiger partial charge >= 0.3 is 0 Å². The number of aromatic nitrogens is 3. The first-order chi connectivity index (χ1) is 16.1. The van der Waals surface area contributed by atoms with Crippen LogP contribution in [0.5, 0.6) is 0 Å². The molecule has 1 aliphatic rings. The van der Waals surface area contributed by atoms with Gasteiger partial charge in [0.05, 0.1) is 24.7 Å². The highest BCUT2D eigenvalue weighted by Gasteiger charge is 2.28. The second-order valence-electron chi connectivity index (χ2n) is 8.57. The van der Waals surface area contributed by atoms with Gasteiger partial charge in [0.1, 0.15) is 0 Å². The Labute approximate surface area is 193 Å². The first-order valence-corrected chi connectivity index (χ1v) is 11.2. The van der Waals surface area contributed by atoms with E-state index in [9.17, 15) is 4.79 Å². The fourth-order valence-corrected chi connectivity index (χ4v) is 4.27. The largest absolute Gasteiger partial charge is 0.298 e. The van der Waals surface area contributed by atoms with Crippen LogP contribution in [-0.4, -0.2) is 26.1 Å². The molecule has 33 heavy (non-hydrogen) atoms. The van der Waals surface area contributed by atoms with Crippen molar-refractivity contribution in [2.24, 2.45) is 0 Å². The van der Waals surface area contributed by atoms with E-state index in [1.807, 2.05) is 43.3 Å². The molecule has 2 aromatic carbocycles. The van der Waals surface area contributed by atoms with Crippen LogP contribution in [0.15, 0.2) is 83.8 Å². The Morgan fingerprint density at radius 2 is 1.64 bits per heavy atom. The van der Waals surface area contributed by atoms with Gasteiger partial charge in [-0.2, -0.15) is 0 Å². The molecule has 166 valence electrons. The minimum atomic E-state index is 0.0178. The van der Waals surface area contributed by atoms with Gasteiger partial charge in [-0.1, -0.05) is 54.1 Å². The lowest BCUT2D eigenvalue weighted by Gasteiger charge is -2.38. The van der Waals surface area contributed by atoms with E-state index in [1.54, 1.807) is 10.8 Å². The van der Waals surface area contributed by atoms with Crippen LogP contribution in [0.2, 0.25) is 0 Å². The van der Waals surface area contributed by atoms with E-state index in [0.29, 0.717) is 32.3 Å². The van der Waals surface area contributed by atoms with Crippen LogP contribution in [0, 0.1) is 13.8 Å². The number of anilines is 2. The van der Waals surface area contributed by atoms with Gasteiger partial charge in [-0.05, 0) is 43.7 Å². The number of benzene rings is 2. The molecular weight excluding hydrogens is 410 g/mol. The Kier molecular flexibility index (Phi) is 5.75. The fourth-order valence-electron chi connectivity index (χ4n) is 4.27. The Bertz CT molecular complexity index is 1300. The summed E-state index contributed by atoms with van der Waals surface area (Å²) in [7, 11) is 0. The van der Waals surface area contributed by atoms with E-state index in [1.165, 1.54) is 5.56 Å². The molecular formula is C27H27N5O. The predicted molar refractivity (Wildman–Crippen MR) is 130 cm³/mol. The minimum Gasteiger partial charge on any atom is -0.298 e. The second-order valence-corrected chi connectivity index (χ2v) is 8.57. The Hall–Kier alpha value is -3.77. The molecule has 6 heteroatoms. The number of hydrogen-bond acceptors (Lipinski definition) is 5. The quantitative estimate of drug-likeness (QED) is 0.463. The standard InChI is InChI=1S/C27H27N5O/c1-20-11-13-24(14-12-20)31-18-30(17-23-10-6-7-15-28-23)19-32-26(33)25(21(2)29-27(31)32)16-22-8-4-3-5-9-22/h3-15H,16-19H2,1-2H3. The van der Waals surface area contributed by atoms with Crippen molar-refractivity contribution in [1.29, 1.82) is 0 Å². The summed E-state index contributed by atoms with van der Waals surface area (Å²) in [6.45, 7) is 5.76. The zero-order valence-corrected chi connectivity index (χ0v) is 19.0. The number of pyridine rings is 1. The van der Waals surface area contributed by atoms with Gasteiger partial charge in [-0.3, -0.25) is 24.1 Å². The third-order valence-electron chi connectivity index (χ3n) is 6.05. The average Bonchev–Trinajstić information content (AvgIpc) is 2.84. The van der Waals surface area contributed by atoms with Crippen LogP contribution in [0.3, 0.4) is 0 Å². The molecule has 0 atom stereocenters. The summed E-state index contributed by atoms with van der Waals surface area (Å²) in [5.74, 6) is 0.690. The monoisotopic (exact) mass is 437 g/mol. The molecule has 0 bridgehead atoms. The smallest absolute Gasteiger partial charge is 0.259 e. The zero-order valence-electron chi connectivity index (χ0n) is 19.0. The molecule has 0 N–H and O–H groups in total. The maximum Gasteiger partial charge on any atom is 0.259 e. The fraction of sp³-hybridized carbons (Fsp3) is 0.222. The van der Waals surface area contributed by atoms with Crippen molar-refractivity contribution in [1.82, 2.24) is 19.4 Å². The van der Waals surface area contributed by atoms with Crippen LogP contribution in [0.1, 0.15) is 28.1 Å². The molecule has 0 fully saturated rings. The van der Waals surface area contributed by atoms with E-state index < -0.39 is 0 Å². The van der Waals surface area contributed by atoms with E-state index in [-0.39, 0.29) is 5.56 Å². The molecule has 6 nitrogen and oxygen atoms in total. The number of rotatable bonds is 5. The van der Waals surface area contributed by atoms with Crippen molar-refractivity contribution in [2.75, 3.05) is 11.6 Å². The van der Waals surface area contributed by atoms with Crippen LogP contribution < -0.4 is 10.5 Å².